The van der Waals surface area contributed by atoms with Crippen molar-refractivity contribution in [1.29, 1.82) is 0 Å². The van der Waals surface area contributed by atoms with Crippen LogP contribution in [-0.4, -0.2) is 26.9 Å². The maximum Gasteiger partial charge on any atom is 0.119 e. The molecule has 1 aromatic carbocycles. The van der Waals surface area contributed by atoms with Crippen LogP contribution in [-0.2, 0) is 9.47 Å². The third-order valence-corrected chi connectivity index (χ3v) is 3.28. The first-order valence-corrected chi connectivity index (χ1v) is 6.47. The predicted molar refractivity (Wildman–Crippen MR) is 70.9 cm³/mol. The number of ether oxygens (including phenoxy) is 3. The van der Waals surface area contributed by atoms with Crippen molar-refractivity contribution in [3.05, 3.63) is 29.8 Å². The smallest absolute Gasteiger partial charge is 0.119 e. The van der Waals surface area contributed by atoms with Gasteiger partial charge in [-0.05, 0) is 17.7 Å². The second-order valence-electron chi connectivity index (χ2n) is 5.44. The van der Waals surface area contributed by atoms with Gasteiger partial charge in [-0.25, -0.2) is 0 Å². The first-order chi connectivity index (χ1) is 8.63. The number of hydrogen-bond acceptors (Lipinski definition) is 3. The summed E-state index contributed by atoms with van der Waals surface area (Å²) in [6.07, 6.45) is 1.14. The minimum atomic E-state index is 0.222. The summed E-state index contributed by atoms with van der Waals surface area (Å²) in [6, 6.07) is 8.22. The molecular formula is C15H22O3. The van der Waals surface area contributed by atoms with Crippen molar-refractivity contribution in [3.63, 3.8) is 0 Å². The number of methoxy groups -OCH3 is 1. The molecule has 18 heavy (non-hydrogen) atoms. The fourth-order valence-electron chi connectivity index (χ4n) is 2.18. The van der Waals surface area contributed by atoms with E-state index < -0.39 is 0 Å². The SMILES string of the molecule is COCCCOc1ccc(C2OCC2(C)C)cc1. The Kier molecular flexibility index (Phi) is 4.25. The zero-order valence-electron chi connectivity index (χ0n) is 11.4. The Hall–Kier alpha value is -1.06. The molecule has 3 heteroatoms. The van der Waals surface area contributed by atoms with E-state index in [4.69, 9.17) is 14.2 Å². The van der Waals surface area contributed by atoms with Gasteiger partial charge in [-0.15, -0.1) is 0 Å². The number of hydrogen-bond donors (Lipinski definition) is 0. The Balaban J connectivity index is 1.86. The summed E-state index contributed by atoms with van der Waals surface area (Å²) in [5.41, 5.74) is 1.48. The summed E-state index contributed by atoms with van der Waals surface area (Å²) in [4.78, 5) is 0. The first-order valence-electron chi connectivity index (χ1n) is 6.47. The molecule has 0 N–H and O–H groups in total. The Labute approximate surface area is 109 Å². The molecule has 100 valence electrons. The van der Waals surface area contributed by atoms with E-state index in [1.807, 2.05) is 12.1 Å². The maximum absolute atomic E-state index is 5.63. The van der Waals surface area contributed by atoms with Gasteiger partial charge in [0.05, 0.1) is 19.3 Å². The summed E-state index contributed by atoms with van der Waals surface area (Å²) in [7, 11) is 1.70. The molecule has 1 aliphatic heterocycles. The molecule has 0 aromatic heterocycles. The van der Waals surface area contributed by atoms with E-state index in [1.54, 1.807) is 7.11 Å². The van der Waals surface area contributed by atoms with Crippen LogP contribution in [0.25, 0.3) is 0 Å². The molecule has 0 amide bonds. The lowest BCUT2D eigenvalue weighted by Gasteiger charge is -2.44. The fourth-order valence-corrected chi connectivity index (χ4v) is 2.18. The van der Waals surface area contributed by atoms with E-state index in [0.717, 1.165) is 25.4 Å². The highest BCUT2D eigenvalue weighted by Crippen LogP contribution is 2.45. The molecule has 0 spiro atoms. The molecule has 1 aliphatic rings. The van der Waals surface area contributed by atoms with E-state index >= 15 is 0 Å². The quantitative estimate of drug-likeness (QED) is 0.726. The maximum atomic E-state index is 5.63. The van der Waals surface area contributed by atoms with Crippen LogP contribution >= 0.6 is 0 Å². The van der Waals surface area contributed by atoms with Crippen LogP contribution in [0.4, 0.5) is 0 Å². The molecule has 1 unspecified atom stereocenters. The van der Waals surface area contributed by atoms with E-state index in [1.165, 1.54) is 5.56 Å². The average Bonchev–Trinajstić information content (AvgIpc) is 2.35. The van der Waals surface area contributed by atoms with Crippen molar-refractivity contribution in [3.8, 4) is 5.75 Å². The van der Waals surface area contributed by atoms with Crippen molar-refractivity contribution in [2.75, 3.05) is 26.9 Å². The molecule has 0 bridgehead atoms. The predicted octanol–water partition coefficient (Wildman–Crippen LogP) is 3.20. The van der Waals surface area contributed by atoms with Gasteiger partial charge < -0.3 is 14.2 Å². The van der Waals surface area contributed by atoms with Gasteiger partial charge in [0, 0.05) is 25.6 Å². The summed E-state index contributed by atoms with van der Waals surface area (Å²) >= 11 is 0. The van der Waals surface area contributed by atoms with Gasteiger partial charge in [-0.2, -0.15) is 0 Å². The molecule has 1 heterocycles. The van der Waals surface area contributed by atoms with Crippen molar-refractivity contribution >= 4 is 0 Å². The van der Waals surface area contributed by atoms with Crippen LogP contribution in [0.1, 0.15) is 31.9 Å². The molecule has 2 rings (SSSR count). The lowest BCUT2D eigenvalue weighted by atomic mass is 9.79. The molecule has 1 atom stereocenters. The highest BCUT2D eigenvalue weighted by atomic mass is 16.5. The van der Waals surface area contributed by atoms with Gasteiger partial charge >= 0.3 is 0 Å². The van der Waals surface area contributed by atoms with Crippen molar-refractivity contribution in [2.45, 2.75) is 26.4 Å². The lowest BCUT2D eigenvalue weighted by Crippen LogP contribution is -2.40. The first kappa shape index (κ1) is 13.4. The lowest BCUT2D eigenvalue weighted by molar-refractivity contribution is -0.172. The van der Waals surface area contributed by atoms with Crippen molar-refractivity contribution in [2.24, 2.45) is 5.41 Å². The monoisotopic (exact) mass is 250 g/mol. The topological polar surface area (TPSA) is 27.7 Å². The molecule has 3 nitrogen and oxygen atoms in total. The Bertz CT molecular complexity index is 370. The van der Waals surface area contributed by atoms with E-state index in [9.17, 15) is 0 Å². The summed E-state index contributed by atoms with van der Waals surface area (Å²) < 4.78 is 16.2. The third-order valence-electron chi connectivity index (χ3n) is 3.28. The summed E-state index contributed by atoms with van der Waals surface area (Å²) in [6.45, 7) is 6.74. The van der Waals surface area contributed by atoms with E-state index in [2.05, 4.69) is 26.0 Å². The summed E-state index contributed by atoms with van der Waals surface area (Å²) in [5.74, 6) is 0.909. The number of rotatable bonds is 6. The van der Waals surface area contributed by atoms with Crippen LogP contribution in [0.15, 0.2) is 24.3 Å². The summed E-state index contributed by atoms with van der Waals surface area (Å²) in [5, 5.41) is 0. The fraction of sp³-hybridized carbons (Fsp3) is 0.600. The van der Waals surface area contributed by atoms with Gasteiger partial charge in [-0.3, -0.25) is 0 Å². The largest absolute Gasteiger partial charge is 0.494 e. The molecule has 1 aromatic rings. The highest BCUT2D eigenvalue weighted by molar-refractivity contribution is 5.30. The van der Waals surface area contributed by atoms with Crippen molar-refractivity contribution in [1.82, 2.24) is 0 Å². The minimum Gasteiger partial charge on any atom is -0.494 e. The normalized spacial score (nSPS) is 21.4. The zero-order valence-corrected chi connectivity index (χ0v) is 11.4. The second kappa shape index (κ2) is 5.72. The molecule has 1 saturated heterocycles. The van der Waals surface area contributed by atoms with Gasteiger partial charge in [-0.1, -0.05) is 26.0 Å². The van der Waals surface area contributed by atoms with Gasteiger partial charge in [0.2, 0.25) is 0 Å². The van der Waals surface area contributed by atoms with Gasteiger partial charge in [0.15, 0.2) is 0 Å². The van der Waals surface area contributed by atoms with Crippen LogP contribution < -0.4 is 4.74 Å². The Morgan fingerprint density at radius 1 is 1.22 bits per heavy atom. The molecule has 1 fully saturated rings. The van der Waals surface area contributed by atoms with Crippen molar-refractivity contribution < 1.29 is 14.2 Å². The minimum absolute atomic E-state index is 0.222. The van der Waals surface area contributed by atoms with Gasteiger partial charge in [0.25, 0.3) is 0 Å². The standard InChI is InChI=1S/C15H22O3/c1-15(2)11-18-14(15)12-5-7-13(8-6-12)17-10-4-9-16-3/h5-8,14H,4,9-11H2,1-3H3. The molecule has 0 saturated carbocycles. The van der Waals surface area contributed by atoms with Crippen LogP contribution in [0.3, 0.4) is 0 Å². The zero-order chi connectivity index (χ0) is 13.0. The van der Waals surface area contributed by atoms with Crippen LogP contribution in [0.5, 0.6) is 5.75 Å². The van der Waals surface area contributed by atoms with Gasteiger partial charge in [0.1, 0.15) is 5.75 Å². The number of benzene rings is 1. The van der Waals surface area contributed by atoms with E-state index in [-0.39, 0.29) is 11.5 Å². The van der Waals surface area contributed by atoms with Crippen LogP contribution in [0, 0.1) is 5.41 Å². The Morgan fingerprint density at radius 2 is 1.94 bits per heavy atom. The molecule has 0 aliphatic carbocycles. The molecular weight excluding hydrogens is 228 g/mol. The molecule has 0 radical (unpaired) electrons. The second-order valence-corrected chi connectivity index (χ2v) is 5.44. The van der Waals surface area contributed by atoms with Crippen LogP contribution in [0.2, 0.25) is 0 Å². The van der Waals surface area contributed by atoms with E-state index in [0.29, 0.717) is 6.61 Å². The average molecular weight is 250 g/mol. The third kappa shape index (κ3) is 3.03. The Morgan fingerprint density at radius 3 is 2.44 bits per heavy atom. The highest BCUT2D eigenvalue weighted by Gasteiger charge is 2.40.